The fraction of sp³-hybridized carbons (Fsp3) is 1.00. The van der Waals surface area contributed by atoms with E-state index in [1.807, 2.05) is 0 Å². The van der Waals surface area contributed by atoms with Crippen molar-refractivity contribution >= 4 is 0 Å². The predicted octanol–water partition coefficient (Wildman–Crippen LogP) is 3.67. The van der Waals surface area contributed by atoms with Crippen LogP contribution in [-0.4, -0.2) is 12.2 Å². The second-order valence-corrected chi connectivity index (χ2v) is 4.66. The smallest absolute Gasteiger partial charge is 0.375 e. The number of hydrogen-bond acceptors (Lipinski definition) is 1. The second-order valence-electron chi connectivity index (χ2n) is 4.66. The molecule has 0 spiro atoms. The van der Waals surface area contributed by atoms with Crippen molar-refractivity contribution in [2.75, 3.05) is 0 Å². The van der Waals surface area contributed by atoms with E-state index in [9.17, 15) is 0 Å². The Hall–Kier alpha value is 0.674. The second kappa shape index (κ2) is 7.03. The van der Waals surface area contributed by atoms with Crippen LogP contribution in [0.2, 0.25) is 0 Å². The predicted molar refractivity (Wildman–Crippen MR) is 54.8 cm³/mol. The summed E-state index contributed by atoms with van der Waals surface area (Å²) in [6.07, 6.45) is 15.0. The Labute approximate surface area is 103 Å². The van der Waals surface area contributed by atoms with Crippen LogP contribution in [-0.2, 0) is 26.5 Å². The quantitative estimate of drug-likeness (QED) is 0.657. The van der Waals surface area contributed by atoms with Gasteiger partial charge in [-0.25, -0.2) is 0 Å². The Balaban J connectivity index is 0.000000980. The molecule has 0 aliphatic heterocycles. The van der Waals surface area contributed by atoms with Gasteiger partial charge in [0.2, 0.25) is 0 Å². The minimum atomic E-state index is 0. The van der Waals surface area contributed by atoms with E-state index in [2.05, 4.69) is 0 Å². The van der Waals surface area contributed by atoms with Gasteiger partial charge in [0, 0.05) is 0 Å². The fourth-order valence-electron chi connectivity index (χ4n) is 2.67. The monoisotopic (exact) mass is 230 g/mol. The average molecular weight is 230 g/mol. The van der Waals surface area contributed by atoms with Crippen molar-refractivity contribution in [2.24, 2.45) is 0 Å². The van der Waals surface area contributed by atoms with Gasteiger partial charge < -0.3 is 4.74 Å². The van der Waals surface area contributed by atoms with Gasteiger partial charge in [-0.1, -0.05) is 38.5 Å². The first-order valence-corrected chi connectivity index (χ1v) is 6.10. The summed E-state index contributed by atoms with van der Waals surface area (Å²) in [5.74, 6) is 0. The molecule has 0 atom stereocenters. The summed E-state index contributed by atoms with van der Waals surface area (Å²) in [5, 5.41) is 0. The summed E-state index contributed by atoms with van der Waals surface area (Å²) in [6, 6.07) is 0. The van der Waals surface area contributed by atoms with Gasteiger partial charge >= 0.3 is 21.7 Å². The molecule has 0 aromatic heterocycles. The zero-order valence-electron chi connectivity index (χ0n) is 9.13. The van der Waals surface area contributed by atoms with Crippen molar-refractivity contribution in [3.05, 3.63) is 0 Å². The van der Waals surface area contributed by atoms with Crippen LogP contribution in [0.15, 0.2) is 0 Å². The maximum atomic E-state index is 6.13. The molecule has 0 saturated heterocycles. The van der Waals surface area contributed by atoms with Gasteiger partial charge in [-0.3, -0.25) is 0 Å². The summed E-state index contributed by atoms with van der Waals surface area (Å²) >= 11 is 0. The molecular formula is C12H22OTi+4. The molecule has 0 N–H and O–H groups in total. The van der Waals surface area contributed by atoms with Crippen molar-refractivity contribution in [1.29, 1.82) is 0 Å². The van der Waals surface area contributed by atoms with Crippen LogP contribution in [0.5, 0.6) is 0 Å². The van der Waals surface area contributed by atoms with E-state index in [1.54, 1.807) is 0 Å². The summed E-state index contributed by atoms with van der Waals surface area (Å²) in [6.45, 7) is 0. The van der Waals surface area contributed by atoms with E-state index >= 15 is 0 Å². The molecule has 76 valence electrons. The summed E-state index contributed by atoms with van der Waals surface area (Å²) in [4.78, 5) is 0. The number of ether oxygens (including phenoxy) is 1. The first kappa shape index (κ1) is 12.7. The Morgan fingerprint density at radius 3 is 1.29 bits per heavy atom. The fourth-order valence-corrected chi connectivity index (χ4v) is 2.67. The molecule has 0 unspecified atom stereocenters. The van der Waals surface area contributed by atoms with E-state index in [4.69, 9.17) is 4.74 Å². The minimum Gasteiger partial charge on any atom is -0.375 e. The van der Waals surface area contributed by atoms with E-state index in [0.29, 0.717) is 12.2 Å². The molecule has 0 heterocycles. The van der Waals surface area contributed by atoms with Crippen molar-refractivity contribution in [3.63, 3.8) is 0 Å². The summed E-state index contributed by atoms with van der Waals surface area (Å²) in [7, 11) is 0. The standard InChI is InChI=1S/C12H22O.Ti/c1-3-7-11(8-4-1)13-12-9-5-2-6-10-12;/h11-12H,1-10H2;/q;+4. The van der Waals surface area contributed by atoms with Gasteiger partial charge in [0.05, 0.1) is 12.2 Å². The normalized spacial score (nSPS) is 25.7. The van der Waals surface area contributed by atoms with Gasteiger partial charge in [0.15, 0.2) is 0 Å². The summed E-state index contributed by atoms with van der Waals surface area (Å²) < 4.78 is 6.13. The van der Waals surface area contributed by atoms with E-state index < -0.39 is 0 Å². The van der Waals surface area contributed by atoms with Gasteiger partial charge in [-0.05, 0) is 25.7 Å². The number of rotatable bonds is 2. The van der Waals surface area contributed by atoms with Crippen LogP contribution in [0.25, 0.3) is 0 Å². The van der Waals surface area contributed by atoms with Gasteiger partial charge in [0.1, 0.15) is 0 Å². The summed E-state index contributed by atoms with van der Waals surface area (Å²) in [5.41, 5.74) is 0. The van der Waals surface area contributed by atoms with Crippen LogP contribution in [0.1, 0.15) is 64.2 Å². The van der Waals surface area contributed by atoms with Gasteiger partial charge in [-0.2, -0.15) is 0 Å². The maximum absolute atomic E-state index is 6.13. The van der Waals surface area contributed by atoms with Crippen molar-refractivity contribution in [2.45, 2.75) is 76.4 Å². The topological polar surface area (TPSA) is 9.23 Å². The van der Waals surface area contributed by atoms with E-state index in [1.165, 1.54) is 64.2 Å². The molecule has 2 saturated carbocycles. The van der Waals surface area contributed by atoms with E-state index in [-0.39, 0.29) is 21.7 Å². The van der Waals surface area contributed by atoms with Crippen LogP contribution in [0, 0.1) is 0 Å². The average Bonchev–Trinajstić information content (AvgIpc) is 2.21. The minimum absolute atomic E-state index is 0. The zero-order valence-corrected chi connectivity index (χ0v) is 10.7. The first-order chi connectivity index (χ1) is 6.45. The molecule has 2 aliphatic rings. The van der Waals surface area contributed by atoms with E-state index in [0.717, 1.165) is 0 Å². The molecule has 14 heavy (non-hydrogen) atoms. The van der Waals surface area contributed by atoms with Crippen LogP contribution in [0.4, 0.5) is 0 Å². The Morgan fingerprint density at radius 2 is 0.929 bits per heavy atom. The molecule has 2 aliphatic carbocycles. The molecule has 1 nitrogen and oxygen atoms in total. The van der Waals surface area contributed by atoms with Gasteiger partial charge in [0.25, 0.3) is 0 Å². The van der Waals surface area contributed by atoms with Crippen LogP contribution >= 0.6 is 0 Å². The third kappa shape index (κ3) is 4.04. The molecule has 2 rings (SSSR count). The Bertz CT molecular complexity index is 121. The van der Waals surface area contributed by atoms with Crippen LogP contribution in [0.3, 0.4) is 0 Å². The Morgan fingerprint density at radius 1 is 0.571 bits per heavy atom. The number of hydrogen-bond donors (Lipinski definition) is 0. The molecule has 0 aromatic carbocycles. The molecular weight excluding hydrogens is 208 g/mol. The molecule has 0 amide bonds. The molecule has 0 bridgehead atoms. The van der Waals surface area contributed by atoms with Crippen LogP contribution < -0.4 is 0 Å². The third-order valence-corrected chi connectivity index (χ3v) is 3.49. The third-order valence-electron chi connectivity index (χ3n) is 3.49. The molecule has 2 heteroatoms. The van der Waals surface area contributed by atoms with Crippen molar-refractivity contribution in [1.82, 2.24) is 0 Å². The molecule has 0 aromatic rings. The SMILES string of the molecule is C1CCC(OC2CCCCC2)CC1.[Ti+4]. The largest absolute Gasteiger partial charge is 4.00 e. The van der Waals surface area contributed by atoms with Gasteiger partial charge in [-0.15, -0.1) is 0 Å². The van der Waals surface area contributed by atoms with Crippen molar-refractivity contribution in [3.8, 4) is 0 Å². The molecule has 2 fully saturated rings. The Kier molecular flexibility index (Phi) is 6.40. The molecule has 0 radical (unpaired) electrons. The zero-order chi connectivity index (χ0) is 8.93. The van der Waals surface area contributed by atoms with Crippen molar-refractivity contribution < 1.29 is 26.5 Å². The maximum Gasteiger partial charge on any atom is 4.00 e. The first-order valence-electron chi connectivity index (χ1n) is 6.10.